The average molecular weight is 406 g/mol. The van der Waals surface area contributed by atoms with Crippen LogP contribution in [0.3, 0.4) is 0 Å². The number of rotatable bonds is 5. The minimum Gasteiger partial charge on any atom is -0.351 e. The Morgan fingerprint density at radius 2 is 1.97 bits per heavy atom. The molecule has 2 aromatic rings. The van der Waals surface area contributed by atoms with Crippen LogP contribution in [0.2, 0.25) is 0 Å². The summed E-state index contributed by atoms with van der Waals surface area (Å²) in [6.45, 7) is 4.68. The molecule has 5 heteroatoms. The zero-order chi connectivity index (χ0) is 21.1. The summed E-state index contributed by atoms with van der Waals surface area (Å²) in [6.07, 6.45) is 9.40. The number of pyridine rings is 1. The van der Waals surface area contributed by atoms with E-state index in [1.807, 2.05) is 36.4 Å². The molecule has 1 saturated carbocycles. The first kappa shape index (κ1) is 20.6. The van der Waals surface area contributed by atoms with Gasteiger partial charge in [-0.05, 0) is 49.4 Å². The van der Waals surface area contributed by atoms with E-state index in [9.17, 15) is 9.59 Å². The van der Waals surface area contributed by atoms with E-state index in [1.165, 1.54) is 0 Å². The topological polar surface area (TPSA) is 62.3 Å². The third kappa shape index (κ3) is 3.51. The van der Waals surface area contributed by atoms with Gasteiger partial charge in [-0.2, -0.15) is 0 Å². The summed E-state index contributed by atoms with van der Waals surface area (Å²) < 4.78 is 0. The predicted molar refractivity (Wildman–Crippen MR) is 117 cm³/mol. The molecule has 1 spiro atoms. The zero-order valence-corrected chi connectivity index (χ0v) is 17.9. The van der Waals surface area contributed by atoms with Gasteiger partial charge in [0.25, 0.3) is 5.91 Å². The summed E-state index contributed by atoms with van der Waals surface area (Å²) >= 11 is 0. The maximum atomic E-state index is 13.7. The summed E-state index contributed by atoms with van der Waals surface area (Å²) in [5, 5.41) is 3.16. The van der Waals surface area contributed by atoms with Gasteiger partial charge in [-0.25, -0.2) is 0 Å². The SMILES string of the molecule is CC[C@H](C)N1C(=O)c2ccccc2[C@H](C(=O)NCc2cccnc2)C12CCCCC2. The van der Waals surface area contributed by atoms with E-state index in [0.29, 0.717) is 12.1 Å². The Hall–Kier alpha value is -2.69. The van der Waals surface area contributed by atoms with E-state index >= 15 is 0 Å². The molecule has 2 amide bonds. The van der Waals surface area contributed by atoms with Crippen LogP contribution >= 0.6 is 0 Å². The first-order chi connectivity index (χ1) is 14.6. The van der Waals surface area contributed by atoms with Crippen LogP contribution in [-0.2, 0) is 11.3 Å². The van der Waals surface area contributed by atoms with Crippen LogP contribution in [0.5, 0.6) is 0 Å². The molecule has 1 fully saturated rings. The number of amides is 2. The van der Waals surface area contributed by atoms with E-state index in [1.54, 1.807) is 12.4 Å². The first-order valence-electron chi connectivity index (χ1n) is 11.2. The Morgan fingerprint density at radius 3 is 2.67 bits per heavy atom. The molecule has 1 aliphatic heterocycles. The third-order valence-electron chi connectivity index (χ3n) is 6.94. The van der Waals surface area contributed by atoms with Crippen molar-refractivity contribution in [1.82, 2.24) is 15.2 Å². The van der Waals surface area contributed by atoms with Crippen molar-refractivity contribution in [2.75, 3.05) is 0 Å². The monoisotopic (exact) mass is 405 g/mol. The molecule has 1 aliphatic carbocycles. The predicted octanol–water partition coefficient (Wildman–Crippen LogP) is 4.44. The maximum absolute atomic E-state index is 13.7. The molecule has 2 aliphatic rings. The molecule has 0 radical (unpaired) electrons. The minimum absolute atomic E-state index is 0.00834. The highest BCUT2D eigenvalue weighted by Crippen LogP contribution is 2.50. The lowest BCUT2D eigenvalue weighted by molar-refractivity contribution is -0.128. The highest BCUT2D eigenvalue weighted by atomic mass is 16.2. The van der Waals surface area contributed by atoms with Crippen molar-refractivity contribution in [1.29, 1.82) is 0 Å². The highest BCUT2D eigenvalue weighted by molar-refractivity contribution is 6.02. The maximum Gasteiger partial charge on any atom is 0.254 e. The Morgan fingerprint density at radius 1 is 1.20 bits per heavy atom. The van der Waals surface area contributed by atoms with Crippen molar-refractivity contribution in [2.45, 2.75) is 76.4 Å². The van der Waals surface area contributed by atoms with Gasteiger partial charge in [0.2, 0.25) is 5.91 Å². The van der Waals surface area contributed by atoms with Gasteiger partial charge >= 0.3 is 0 Å². The van der Waals surface area contributed by atoms with Gasteiger partial charge in [0, 0.05) is 30.5 Å². The van der Waals surface area contributed by atoms with Gasteiger partial charge in [0.1, 0.15) is 0 Å². The molecule has 0 unspecified atom stereocenters. The molecule has 30 heavy (non-hydrogen) atoms. The number of carbonyl (C=O) groups is 2. The molecule has 1 aromatic carbocycles. The summed E-state index contributed by atoms with van der Waals surface area (Å²) in [7, 11) is 0. The fraction of sp³-hybridized carbons (Fsp3) is 0.480. The van der Waals surface area contributed by atoms with Crippen molar-refractivity contribution in [3.05, 3.63) is 65.5 Å². The van der Waals surface area contributed by atoms with Gasteiger partial charge < -0.3 is 10.2 Å². The van der Waals surface area contributed by atoms with Crippen molar-refractivity contribution in [3.63, 3.8) is 0 Å². The molecular formula is C25H31N3O2. The van der Waals surface area contributed by atoms with Gasteiger partial charge in [-0.3, -0.25) is 14.6 Å². The van der Waals surface area contributed by atoms with Crippen molar-refractivity contribution in [3.8, 4) is 0 Å². The van der Waals surface area contributed by atoms with E-state index in [4.69, 9.17) is 0 Å². The smallest absolute Gasteiger partial charge is 0.254 e. The molecule has 2 atom stereocenters. The second-order valence-electron chi connectivity index (χ2n) is 8.70. The van der Waals surface area contributed by atoms with Gasteiger partial charge in [0.15, 0.2) is 0 Å². The quantitative estimate of drug-likeness (QED) is 0.800. The molecule has 1 N–H and O–H groups in total. The lowest BCUT2D eigenvalue weighted by Crippen LogP contribution is -2.64. The Bertz CT molecular complexity index is 906. The van der Waals surface area contributed by atoms with Crippen molar-refractivity contribution >= 4 is 11.8 Å². The van der Waals surface area contributed by atoms with E-state index in [2.05, 4.69) is 29.0 Å². The Labute approximate surface area is 178 Å². The molecule has 158 valence electrons. The summed E-state index contributed by atoms with van der Waals surface area (Å²) in [6, 6.07) is 11.6. The first-order valence-corrected chi connectivity index (χ1v) is 11.2. The van der Waals surface area contributed by atoms with Crippen LogP contribution in [-0.4, -0.2) is 33.3 Å². The fourth-order valence-electron chi connectivity index (χ4n) is 5.40. The standard InChI is InChI=1S/C25H31N3O2/c1-3-18(2)28-24(30)21-12-6-5-11-20(21)22(25(28)13-7-4-8-14-25)23(29)27-17-19-10-9-15-26-16-19/h5-6,9-12,15-16,18,22H,3-4,7-8,13-14,17H2,1-2H3,(H,27,29)/t18-,22+/m0/s1. The largest absolute Gasteiger partial charge is 0.351 e. The molecule has 0 bridgehead atoms. The summed E-state index contributed by atoms with van der Waals surface area (Å²) in [5.74, 6) is -0.260. The number of carbonyl (C=O) groups excluding carboxylic acids is 2. The minimum atomic E-state index is -0.446. The Balaban J connectivity index is 1.76. The summed E-state index contributed by atoms with van der Waals surface area (Å²) in [5.41, 5.74) is 2.09. The van der Waals surface area contributed by atoms with Gasteiger partial charge in [-0.15, -0.1) is 0 Å². The highest BCUT2D eigenvalue weighted by Gasteiger charge is 2.55. The fourth-order valence-corrected chi connectivity index (χ4v) is 5.40. The number of fused-ring (bicyclic) bond motifs is 1. The molecule has 5 nitrogen and oxygen atoms in total. The Kier molecular flexibility index (Phi) is 5.89. The van der Waals surface area contributed by atoms with Crippen LogP contribution < -0.4 is 5.32 Å². The molecule has 4 rings (SSSR count). The normalized spacial score (nSPS) is 21.2. The second-order valence-corrected chi connectivity index (χ2v) is 8.70. The lowest BCUT2D eigenvalue weighted by atomic mass is 9.64. The van der Waals surface area contributed by atoms with Gasteiger partial charge in [-0.1, -0.05) is 50.5 Å². The van der Waals surface area contributed by atoms with Crippen LogP contribution in [0, 0.1) is 0 Å². The summed E-state index contributed by atoms with van der Waals surface area (Å²) in [4.78, 5) is 33.5. The number of aromatic nitrogens is 1. The number of nitrogens with one attached hydrogen (secondary N) is 1. The molecule has 1 aromatic heterocycles. The molecule has 2 heterocycles. The van der Waals surface area contributed by atoms with E-state index in [-0.39, 0.29) is 23.8 Å². The van der Waals surface area contributed by atoms with Crippen LogP contribution in [0.4, 0.5) is 0 Å². The van der Waals surface area contributed by atoms with Crippen LogP contribution in [0.15, 0.2) is 48.8 Å². The number of nitrogens with zero attached hydrogens (tertiary/aromatic N) is 2. The molecular weight excluding hydrogens is 374 g/mol. The molecule has 0 saturated heterocycles. The third-order valence-corrected chi connectivity index (χ3v) is 6.94. The second kappa shape index (κ2) is 8.58. The lowest BCUT2D eigenvalue weighted by Gasteiger charge is -2.55. The van der Waals surface area contributed by atoms with Crippen molar-refractivity contribution < 1.29 is 9.59 Å². The average Bonchev–Trinajstić information content (AvgIpc) is 2.79. The number of benzene rings is 1. The number of hydrogen-bond acceptors (Lipinski definition) is 3. The van der Waals surface area contributed by atoms with E-state index in [0.717, 1.165) is 49.7 Å². The van der Waals surface area contributed by atoms with Crippen LogP contribution in [0.1, 0.15) is 79.8 Å². The zero-order valence-electron chi connectivity index (χ0n) is 17.9. The number of hydrogen-bond donors (Lipinski definition) is 1. The van der Waals surface area contributed by atoms with Crippen LogP contribution in [0.25, 0.3) is 0 Å². The van der Waals surface area contributed by atoms with Gasteiger partial charge in [0.05, 0.1) is 11.5 Å². The van der Waals surface area contributed by atoms with Crippen molar-refractivity contribution in [2.24, 2.45) is 0 Å². The van der Waals surface area contributed by atoms with E-state index < -0.39 is 5.54 Å².